The zero-order valence-corrected chi connectivity index (χ0v) is 11.5. The summed E-state index contributed by atoms with van der Waals surface area (Å²) in [5.74, 6) is -0.513. The van der Waals surface area contributed by atoms with Gasteiger partial charge in [-0.25, -0.2) is 4.98 Å². The molecule has 7 heteroatoms. The lowest BCUT2D eigenvalue weighted by Gasteiger charge is -2.27. The molecule has 0 unspecified atom stereocenters. The molecule has 1 aromatic heterocycles. The molecular formula is C14H14N4O3. The molecule has 2 N–H and O–H groups in total. The molecule has 2 aromatic rings. The zero-order valence-electron chi connectivity index (χ0n) is 11.5. The Morgan fingerprint density at radius 3 is 2.48 bits per heavy atom. The summed E-state index contributed by atoms with van der Waals surface area (Å²) in [6.45, 7) is 1.58. The first-order valence-electron chi connectivity index (χ1n) is 6.64. The van der Waals surface area contributed by atoms with Gasteiger partial charge in [0.15, 0.2) is 0 Å². The van der Waals surface area contributed by atoms with Gasteiger partial charge in [-0.2, -0.15) is 9.69 Å². The number of hydrogen-bond donors (Lipinski definition) is 1. The molecule has 0 atom stereocenters. The lowest BCUT2D eigenvalue weighted by Crippen LogP contribution is -2.53. The van der Waals surface area contributed by atoms with Gasteiger partial charge in [0.1, 0.15) is 5.82 Å². The number of piperidine rings is 1. The van der Waals surface area contributed by atoms with Crippen LogP contribution in [0.1, 0.15) is 25.1 Å². The van der Waals surface area contributed by atoms with Gasteiger partial charge in [0.05, 0.1) is 10.9 Å². The summed E-state index contributed by atoms with van der Waals surface area (Å²) in [4.78, 5) is 41.0. The third-order valence-electron chi connectivity index (χ3n) is 3.52. The Kier molecular flexibility index (Phi) is 2.97. The molecule has 3 rings (SSSR count). The van der Waals surface area contributed by atoms with Crippen LogP contribution in [0.3, 0.4) is 0 Å². The summed E-state index contributed by atoms with van der Waals surface area (Å²) < 4.78 is 1.03. The summed E-state index contributed by atoms with van der Waals surface area (Å²) in [6, 6.07) is 4.96. The number of hydrogen-bond acceptors (Lipinski definition) is 5. The number of anilines is 1. The zero-order chi connectivity index (χ0) is 15.1. The lowest BCUT2D eigenvalue weighted by atomic mass is 10.1. The highest BCUT2D eigenvalue weighted by Crippen LogP contribution is 2.17. The fraction of sp³-hybridized carbons (Fsp3) is 0.286. The molecule has 0 saturated carbocycles. The second-order valence-electron chi connectivity index (χ2n) is 4.97. The molecule has 7 nitrogen and oxygen atoms in total. The van der Waals surface area contributed by atoms with E-state index in [-0.39, 0.29) is 29.7 Å². The van der Waals surface area contributed by atoms with Gasteiger partial charge in [-0.15, -0.1) is 0 Å². The Balaban J connectivity index is 2.33. The maximum absolute atomic E-state index is 12.7. The summed E-state index contributed by atoms with van der Waals surface area (Å²) in [7, 11) is 0. The molecule has 1 saturated heterocycles. The van der Waals surface area contributed by atoms with Crippen LogP contribution >= 0.6 is 0 Å². The van der Waals surface area contributed by atoms with E-state index in [1.54, 1.807) is 25.1 Å². The van der Waals surface area contributed by atoms with E-state index in [2.05, 4.69) is 4.98 Å². The normalized spacial score (nSPS) is 15.8. The highest BCUT2D eigenvalue weighted by atomic mass is 16.2. The van der Waals surface area contributed by atoms with Crippen LogP contribution in [0.5, 0.6) is 0 Å². The average Bonchev–Trinajstić information content (AvgIpc) is 2.41. The van der Waals surface area contributed by atoms with Crippen molar-refractivity contribution < 1.29 is 9.59 Å². The number of carbonyl (C=O) groups excluding carboxylic acids is 2. The predicted octanol–water partition coefficient (Wildman–Crippen LogP) is 0.462. The van der Waals surface area contributed by atoms with E-state index in [1.165, 1.54) is 0 Å². The summed E-state index contributed by atoms with van der Waals surface area (Å²) in [5, 5.41) is 1.11. The Bertz CT molecular complexity index is 809. The smallest absolute Gasteiger partial charge is 0.283 e. The summed E-state index contributed by atoms with van der Waals surface area (Å²) in [6.07, 6.45) is 0.977. The van der Waals surface area contributed by atoms with Crippen molar-refractivity contribution in [3.63, 3.8) is 0 Å². The van der Waals surface area contributed by atoms with E-state index in [1.807, 2.05) is 0 Å². The lowest BCUT2D eigenvalue weighted by molar-refractivity contribution is -0.131. The summed E-state index contributed by atoms with van der Waals surface area (Å²) in [5.41, 5.74) is 6.06. The SMILES string of the molecule is Cc1nc2cccc(N)c2c(=O)n1N1C(=O)CCCC1=O. The second-order valence-corrected chi connectivity index (χ2v) is 4.97. The molecule has 0 spiro atoms. The predicted molar refractivity (Wildman–Crippen MR) is 77.2 cm³/mol. The molecule has 108 valence electrons. The quantitative estimate of drug-likeness (QED) is 0.606. The van der Waals surface area contributed by atoms with Gasteiger partial charge in [-0.05, 0) is 25.5 Å². The van der Waals surface area contributed by atoms with E-state index in [4.69, 9.17) is 5.73 Å². The molecule has 2 heterocycles. The first-order valence-corrected chi connectivity index (χ1v) is 6.64. The molecule has 1 aliphatic rings. The van der Waals surface area contributed by atoms with Gasteiger partial charge >= 0.3 is 0 Å². The second kappa shape index (κ2) is 4.69. The van der Waals surface area contributed by atoms with Crippen molar-refractivity contribution in [2.75, 3.05) is 10.7 Å². The van der Waals surface area contributed by atoms with Gasteiger partial charge < -0.3 is 5.73 Å². The topological polar surface area (TPSA) is 98.3 Å². The highest BCUT2D eigenvalue weighted by Gasteiger charge is 2.30. The van der Waals surface area contributed by atoms with E-state index >= 15 is 0 Å². The Morgan fingerprint density at radius 1 is 1.14 bits per heavy atom. The van der Waals surface area contributed by atoms with E-state index in [9.17, 15) is 14.4 Å². The van der Waals surface area contributed by atoms with Gasteiger partial charge in [-0.3, -0.25) is 14.4 Å². The van der Waals surface area contributed by atoms with Crippen molar-refractivity contribution in [1.82, 2.24) is 9.66 Å². The minimum Gasteiger partial charge on any atom is -0.398 e. The maximum atomic E-state index is 12.7. The molecule has 21 heavy (non-hydrogen) atoms. The van der Waals surface area contributed by atoms with Crippen molar-refractivity contribution in [1.29, 1.82) is 0 Å². The Morgan fingerprint density at radius 2 is 1.81 bits per heavy atom. The number of aromatic nitrogens is 2. The number of carbonyl (C=O) groups is 2. The van der Waals surface area contributed by atoms with Crippen molar-refractivity contribution in [3.8, 4) is 0 Å². The van der Waals surface area contributed by atoms with E-state index < -0.39 is 17.4 Å². The molecule has 1 aliphatic heterocycles. The Hall–Kier alpha value is -2.70. The third kappa shape index (κ3) is 1.97. The number of benzene rings is 1. The number of nitrogens with zero attached hydrogens (tertiary/aromatic N) is 3. The fourth-order valence-corrected chi connectivity index (χ4v) is 2.56. The number of fused-ring (bicyclic) bond motifs is 1. The third-order valence-corrected chi connectivity index (χ3v) is 3.52. The number of nitrogen functional groups attached to an aromatic ring is 1. The van der Waals surface area contributed by atoms with Crippen LogP contribution in [-0.2, 0) is 9.59 Å². The van der Waals surface area contributed by atoms with Crippen LogP contribution in [0.4, 0.5) is 5.69 Å². The van der Waals surface area contributed by atoms with Gasteiger partial charge in [0.2, 0.25) is 11.8 Å². The van der Waals surface area contributed by atoms with Crippen LogP contribution in [0.15, 0.2) is 23.0 Å². The van der Waals surface area contributed by atoms with Crippen molar-refractivity contribution >= 4 is 28.4 Å². The number of rotatable bonds is 1. The van der Waals surface area contributed by atoms with Gasteiger partial charge in [0, 0.05) is 18.5 Å². The van der Waals surface area contributed by atoms with Crippen LogP contribution in [0, 0.1) is 6.92 Å². The van der Waals surface area contributed by atoms with E-state index in [0.717, 1.165) is 9.69 Å². The molecular weight excluding hydrogens is 272 g/mol. The first-order chi connectivity index (χ1) is 10.0. The standard InChI is InChI=1S/C14H14N4O3/c1-8-16-10-5-2-4-9(15)13(10)14(21)17(8)18-11(19)6-3-7-12(18)20/h2,4-5H,3,6-7,15H2,1H3. The average molecular weight is 286 g/mol. The van der Waals surface area contributed by atoms with Crippen LogP contribution in [0.25, 0.3) is 10.9 Å². The molecule has 1 aromatic carbocycles. The van der Waals surface area contributed by atoms with Crippen LogP contribution < -0.4 is 16.3 Å². The highest BCUT2D eigenvalue weighted by molar-refractivity contribution is 6.10. The molecule has 2 amide bonds. The molecule has 0 bridgehead atoms. The molecule has 0 aliphatic carbocycles. The molecule has 0 radical (unpaired) electrons. The number of aryl methyl sites for hydroxylation is 1. The fourth-order valence-electron chi connectivity index (χ4n) is 2.56. The first kappa shape index (κ1) is 13.3. The van der Waals surface area contributed by atoms with Crippen molar-refractivity contribution in [2.45, 2.75) is 26.2 Å². The number of imide groups is 1. The minimum atomic E-state index is -0.501. The molecule has 1 fully saturated rings. The van der Waals surface area contributed by atoms with Crippen molar-refractivity contribution in [3.05, 3.63) is 34.4 Å². The summed E-state index contributed by atoms with van der Waals surface area (Å²) >= 11 is 0. The number of nitrogens with two attached hydrogens (primary N) is 1. The minimum absolute atomic E-state index is 0.217. The van der Waals surface area contributed by atoms with Crippen LogP contribution in [-0.4, -0.2) is 21.5 Å². The maximum Gasteiger partial charge on any atom is 0.283 e. The van der Waals surface area contributed by atoms with E-state index in [0.29, 0.717) is 11.9 Å². The number of amides is 2. The Labute approximate surface area is 120 Å². The monoisotopic (exact) mass is 286 g/mol. The van der Waals surface area contributed by atoms with Crippen LogP contribution in [0.2, 0.25) is 0 Å². The van der Waals surface area contributed by atoms with Crippen molar-refractivity contribution in [2.24, 2.45) is 0 Å². The van der Waals surface area contributed by atoms with Gasteiger partial charge in [-0.1, -0.05) is 6.07 Å². The largest absolute Gasteiger partial charge is 0.398 e. The van der Waals surface area contributed by atoms with Gasteiger partial charge in [0.25, 0.3) is 5.56 Å².